The van der Waals surface area contributed by atoms with E-state index in [1.54, 1.807) is 0 Å². The van der Waals surface area contributed by atoms with Crippen molar-refractivity contribution in [3.05, 3.63) is 77.7 Å². The summed E-state index contributed by atoms with van der Waals surface area (Å²) in [6.45, 7) is 0.895. The first kappa shape index (κ1) is 13.2. The number of hydrogen-bond donors (Lipinski definition) is 2. The van der Waals surface area contributed by atoms with Crippen LogP contribution in [0, 0.1) is 0 Å². The van der Waals surface area contributed by atoms with Crippen molar-refractivity contribution in [1.29, 1.82) is 0 Å². The predicted molar refractivity (Wildman–Crippen MR) is 89.3 cm³/mol. The molecule has 22 heavy (non-hydrogen) atoms. The van der Waals surface area contributed by atoms with Gasteiger partial charge in [-0.25, -0.2) is 0 Å². The number of fused-ring (bicyclic) bond motifs is 3. The van der Waals surface area contributed by atoms with E-state index < -0.39 is 0 Å². The summed E-state index contributed by atoms with van der Waals surface area (Å²) in [4.78, 5) is 0. The van der Waals surface area contributed by atoms with Crippen LogP contribution >= 0.6 is 0 Å². The fourth-order valence-corrected chi connectivity index (χ4v) is 2.93. The standard InChI is InChI=1S/C19H18N2O/c1-2-6-14(7-3-1)10-12-20-19-18-16(11-13-21-19)15-8-4-5-9-17(15)22-18/h1-9,11,13,19-21H,10,12H2. The first-order valence-corrected chi connectivity index (χ1v) is 7.63. The largest absolute Gasteiger partial charge is 0.457 e. The third-order valence-corrected chi connectivity index (χ3v) is 4.04. The first-order valence-electron chi connectivity index (χ1n) is 7.63. The molecule has 1 aliphatic rings. The highest BCUT2D eigenvalue weighted by molar-refractivity contribution is 5.89. The Morgan fingerprint density at radius 3 is 2.73 bits per heavy atom. The fourth-order valence-electron chi connectivity index (χ4n) is 2.93. The Labute approximate surface area is 129 Å². The van der Waals surface area contributed by atoms with E-state index in [1.165, 1.54) is 16.5 Å². The van der Waals surface area contributed by atoms with Crippen molar-refractivity contribution in [1.82, 2.24) is 10.6 Å². The van der Waals surface area contributed by atoms with E-state index in [0.717, 1.165) is 24.3 Å². The van der Waals surface area contributed by atoms with E-state index in [9.17, 15) is 0 Å². The molecule has 2 heterocycles. The summed E-state index contributed by atoms with van der Waals surface area (Å²) in [5.41, 5.74) is 3.45. The molecule has 4 rings (SSSR count). The normalized spacial score (nSPS) is 16.5. The smallest absolute Gasteiger partial charge is 0.149 e. The molecule has 0 saturated heterocycles. The number of nitrogens with one attached hydrogen (secondary N) is 2. The van der Waals surface area contributed by atoms with Crippen molar-refractivity contribution < 1.29 is 4.42 Å². The highest BCUT2D eigenvalue weighted by Gasteiger charge is 2.22. The second kappa shape index (κ2) is 5.70. The lowest BCUT2D eigenvalue weighted by atomic mass is 10.1. The molecule has 0 radical (unpaired) electrons. The highest BCUT2D eigenvalue weighted by atomic mass is 16.3. The zero-order chi connectivity index (χ0) is 14.8. The van der Waals surface area contributed by atoms with Crippen molar-refractivity contribution in [2.24, 2.45) is 0 Å². The lowest BCUT2D eigenvalue weighted by Crippen LogP contribution is -2.34. The average molecular weight is 290 g/mol. The number of furan rings is 1. The van der Waals surface area contributed by atoms with Crippen LogP contribution in [0.1, 0.15) is 23.1 Å². The number of rotatable bonds is 4. The van der Waals surface area contributed by atoms with E-state index in [4.69, 9.17) is 4.42 Å². The molecule has 3 aromatic rings. The second-order valence-electron chi connectivity index (χ2n) is 5.50. The molecule has 2 aromatic carbocycles. The lowest BCUT2D eigenvalue weighted by molar-refractivity contribution is 0.399. The molecule has 1 atom stereocenters. The molecular formula is C19H18N2O. The Morgan fingerprint density at radius 1 is 1.00 bits per heavy atom. The minimum atomic E-state index is 0.0242. The van der Waals surface area contributed by atoms with Crippen LogP contribution in [-0.4, -0.2) is 6.54 Å². The summed E-state index contributed by atoms with van der Waals surface area (Å²) in [6, 6.07) is 18.7. The summed E-state index contributed by atoms with van der Waals surface area (Å²) in [5, 5.41) is 8.04. The maximum atomic E-state index is 6.03. The quantitative estimate of drug-likeness (QED) is 0.766. The van der Waals surface area contributed by atoms with Crippen LogP contribution in [0.5, 0.6) is 0 Å². The molecule has 0 saturated carbocycles. The molecule has 3 nitrogen and oxygen atoms in total. The van der Waals surface area contributed by atoms with Gasteiger partial charge < -0.3 is 9.73 Å². The van der Waals surface area contributed by atoms with E-state index >= 15 is 0 Å². The molecular weight excluding hydrogens is 272 g/mol. The Bertz CT molecular complexity index is 805. The van der Waals surface area contributed by atoms with Crippen molar-refractivity contribution in [3.63, 3.8) is 0 Å². The number of hydrogen-bond acceptors (Lipinski definition) is 3. The molecule has 1 aromatic heterocycles. The Morgan fingerprint density at radius 2 is 1.82 bits per heavy atom. The van der Waals surface area contributed by atoms with Crippen LogP contribution in [0.25, 0.3) is 17.0 Å². The summed E-state index contributed by atoms with van der Waals surface area (Å²) < 4.78 is 6.03. The van der Waals surface area contributed by atoms with Gasteiger partial charge in [-0.2, -0.15) is 0 Å². The summed E-state index contributed by atoms with van der Waals surface area (Å²) in [6.07, 6.45) is 5.09. The summed E-state index contributed by atoms with van der Waals surface area (Å²) >= 11 is 0. The van der Waals surface area contributed by atoms with Gasteiger partial charge >= 0.3 is 0 Å². The van der Waals surface area contributed by atoms with Crippen molar-refractivity contribution in [2.45, 2.75) is 12.6 Å². The Kier molecular flexibility index (Phi) is 3.41. The van der Waals surface area contributed by atoms with Gasteiger partial charge in [0, 0.05) is 17.5 Å². The number of benzene rings is 2. The monoisotopic (exact) mass is 290 g/mol. The third-order valence-electron chi connectivity index (χ3n) is 4.04. The van der Waals surface area contributed by atoms with Crippen LogP contribution < -0.4 is 10.6 Å². The van der Waals surface area contributed by atoms with Gasteiger partial charge in [-0.3, -0.25) is 5.32 Å². The predicted octanol–water partition coefficient (Wildman–Crippen LogP) is 3.84. The van der Waals surface area contributed by atoms with Gasteiger partial charge in [0.05, 0.1) is 0 Å². The molecule has 0 spiro atoms. The molecule has 3 heteroatoms. The van der Waals surface area contributed by atoms with Crippen molar-refractivity contribution in [2.75, 3.05) is 6.54 Å². The van der Waals surface area contributed by atoms with E-state index in [2.05, 4.69) is 47.0 Å². The van der Waals surface area contributed by atoms with Gasteiger partial charge in [-0.05, 0) is 30.3 Å². The molecule has 2 N–H and O–H groups in total. The molecule has 0 amide bonds. The zero-order valence-electron chi connectivity index (χ0n) is 12.3. The average Bonchev–Trinajstić information content (AvgIpc) is 2.96. The Balaban J connectivity index is 1.51. The van der Waals surface area contributed by atoms with E-state index in [-0.39, 0.29) is 6.17 Å². The lowest BCUT2D eigenvalue weighted by Gasteiger charge is -2.21. The van der Waals surface area contributed by atoms with Crippen molar-refractivity contribution in [3.8, 4) is 0 Å². The van der Waals surface area contributed by atoms with E-state index in [1.807, 2.05) is 30.5 Å². The maximum Gasteiger partial charge on any atom is 0.149 e. The third kappa shape index (κ3) is 2.40. The molecule has 1 unspecified atom stereocenters. The summed E-state index contributed by atoms with van der Waals surface area (Å²) in [5.74, 6) is 0.969. The zero-order valence-corrected chi connectivity index (χ0v) is 12.3. The Hall–Kier alpha value is -2.52. The number of para-hydroxylation sites is 1. The van der Waals surface area contributed by atoms with Crippen LogP contribution in [0.2, 0.25) is 0 Å². The van der Waals surface area contributed by atoms with Gasteiger partial charge in [0.25, 0.3) is 0 Å². The van der Waals surface area contributed by atoms with Crippen LogP contribution in [0.4, 0.5) is 0 Å². The first-order chi connectivity index (χ1) is 10.9. The summed E-state index contributed by atoms with van der Waals surface area (Å²) in [7, 11) is 0. The second-order valence-corrected chi connectivity index (χ2v) is 5.50. The minimum absolute atomic E-state index is 0.0242. The van der Waals surface area contributed by atoms with Crippen LogP contribution in [-0.2, 0) is 6.42 Å². The van der Waals surface area contributed by atoms with Crippen LogP contribution in [0.15, 0.2) is 65.2 Å². The van der Waals surface area contributed by atoms with Gasteiger partial charge in [0.1, 0.15) is 17.5 Å². The van der Waals surface area contributed by atoms with Gasteiger partial charge in [0.2, 0.25) is 0 Å². The van der Waals surface area contributed by atoms with Gasteiger partial charge in [-0.15, -0.1) is 0 Å². The SMILES string of the molecule is C1=Cc2c(oc3ccccc23)C(NCCc2ccccc2)N1. The van der Waals surface area contributed by atoms with E-state index in [0.29, 0.717) is 0 Å². The van der Waals surface area contributed by atoms with Crippen molar-refractivity contribution >= 4 is 17.0 Å². The molecule has 0 aliphatic carbocycles. The molecule has 0 fully saturated rings. The molecule has 110 valence electrons. The minimum Gasteiger partial charge on any atom is -0.457 e. The highest BCUT2D eigenvalue weighted by Crippen LogP contribution is 2.32. The fraction of sp³-hybridized carbons (Fsp3) is 0.158. The topological polar surface area (TPSA) is 37.2 Å². The van der Waals surface area contributed by atoms with Gasteiger partial charge in [0.15, 0.2) is 0 Å². The molecule has 0 bridgehead atoms. The maximum absolute atomic E-state index is 6.03. The molecule has 1 aliphatic heterocycles. The van der Waals surface area contributed by atoms with Gasteiger partial charge in [-0.1, -0.05) is 48.5 Å². The van der Waals surface area contributed by atoms with Crippen LogP contribution in [0.3, 0.4) is 0 Å².